The fraction of sp³-hybridized carbons (Fsp3) is 0.316. The van der Waals surface area contributed by atoms with Gasteiger partial charge in [-0.3, -0.25) is 10.1 Å². The molecule has 0 unspecified atom stereocenters. The van der Waals surface area contributed by atoms with E-state index in [1.54, 1.807) is 0 Å². The molecule has 7 nitrogen and oxygen atoms in total. The molecule has 0 amide bonds. The van der Waals surface area contributed by atoms with Gasteiger partial charge >= 0.3 is 0 Å². The first-order valence-electron chi connectivity index (χ1n) is 8.17. The van der Waals surface area contributed by atoms with Gasteiger partial charge in [0.15, 0.2) is 0 Å². The van der Waals surface area contributed by atoms with E-state index < -0.39 is 16.3 Å². The van der Waals surface area contributed by atoms with Crippen molar-refractivity contribution in [1.82, 2.24) is 0 Å². The highest BCUT2D eigenvalue weighted by molar-refractivity contribution is 5.61. The van der Waals surface area contributed by atoms with Gasteiger partial charge in [0.25, 0.3) is 5.69 Å². The summed E-state index contributed by atoms with van der Waals surface area (Å²) in [6, 6.07) is 12.0. The number of non-ortho nitro benzene ring substituents is 1. The van der Waals surface area contributed by atoms with Crippen molar-refractivity contribution < 1.29 is 4.92 Å². The minimum atomic E-state index is -1.51. The Labute approximate surface area is 150 Å². The van der Waals surface area contributed by atoms with Crippen LogP contribution in [0.4, 0.5) is 5.69 Å². The summed E-state index contributed by atoms with van der Waals surface area (Å²) in [6.45, 7) is 0. The number of fused-ring (bicyclic) bond motifs is 1. The number of nitro benzene ring substituents is 1. The molecule has 0 spiro atoms. The Hall–Kier alpha value is -3.63. The third-order valence-corrected chi connectivity index (χ3v) is 5.30. The van der Waals surface area contributed by atoms with E-state index in [1.807, 2.05) is 6.08 Å². The number of rotatable bonds is 2. The SMILES string of the molecule is N#CC1=C(N)[C@](C#N)(c2ccc([N+](=O)[O-])cc2)[C@H](C#N)[C@@H]2CCCC=C12. The van der Waals surface area contributed by atoms with Crippen LogP contribution in [0.25, 0.3) is 0 Å². The number of allylic oxidation sites excluding steroid dienone is 4. The summed E-state index contributed by atoms with van der Waals surface area (Å²) >= 11 is 0. The van der Waals surface area contributed by atoms with Gasteiger partial charge in [0, 0.05) is 18.1 Å². The van der Waals surface area contributed by atoms with E-state index in [9.17, 15) is 25.9 Å². The van der Waals surface area contributed by atoms with E-state index in [1.165, 1.54) is 24.3 Å². The molecule has 2 aliphatic rings. The lowest BCUT2D eigenvalue weighted by atomic mass is 9.56. The van der Waals surface area contributed by atoms with Crippen LogP contribution in [-0.4, -0.2) is 4.92 Å². The number of hydrogen-bond donors (Lipinski definition) is 1. The summed E-state index contributed by atoms with van der Waals surface area (Å²) in [5.41, 5.74) is 6.11. The van der Waals surface area contributed by atoms with Crippen LogP contribution in [0.2, 0.25) is 0 Å². The lowest BCUT2D eigenvalue weighted by Crippen LogP contribution is -2.47. The Morgan fingerprint density at radius 1 is 1.23 bits per heavy atom. The van der Waals surface area contributed by atoms with Crippen molar-refractivity contribution in [3.63, 3.8) is 0 Å². The van der Waals surface area contributed by atoms with Gasteiger partial charge in [0.2, 0.25) is 0 Å². The Balaban J connectivity index is 2.30. The van der Waals surface area contributed by atoms with Crippen molar-refractivity contribution in [2.75, 3.05) is 0 Å². The van der Waals surface area contributed by atoms with Crippen molar-refractivity contribution in [2.24, 2.45) is 17.6 Å². The average Bonchev–Trinajstić information content (AvgIpc) is 2.67. The first kappa shape index (κ1) is 17.2. The molecule has 128 valence electrons. The van der Waals surface area contributed by atoms with E-state index >= 15 is 0 Å². The average molecular weight is 345 g/mol. The molecule has 1 aromatic rings. The van der Waals surface area contributed by atoms with E-state index in [0.717, 1.165) is 18.4 Å². The molecule has 0 heterocycles. The maximum Gasteiger partial charge on any atom is 0.269 e. The van der Waals surface area contributed by atoms with Gasteiger partial charge in [0.05, 0.1) is 34.2 Å². The Kier molecular flexibility index (Phi) is 4.20. The Morgan fingerprint density at radius 3 is 2.46 bits per heavy atom. The largest absolute Gasteiger partial charge is 0.399 e. The normalized spacial score (nSPS) is 27.3. The maximum atomic E-state index is 10.9. The molecule has 1 aromatic carbocycles. The minimum Gasteiger partial charge on any atom is -0.399 e. The quantitative estimate of drug-likeness (QED) is 0.645. The second-order valence-electron chi connectivity index (χ2n) is 6.43. The van der Waals surface area contributed by atoms with Crippen molar-refractivity contribution in [3.8, 4) is 18.2 Å². The van der Waals surface area contributed by atoms with Crippen molar-refractivity contribution in [2.45, 2.75) is 24.7 Å². The molecule has 0 bridgehead atoms. The first-order valence-corrected chi connectivity index (χ1v) is 8.17. The number of nitro groups is 1. The molecule has 2 aliphatic carbocycles. The van der Waals surface area contributed by atoms with E-state index in [-0.39, 0.29) is 22.9 Å². The van der Waals surface area contributed by atoms with Gasteiger partial charge in [-0.15, -0.1) is 0 Å². The van der Waals surface area contributed by atoms with Crippen molar-refractivity contribution in [3.05, 3.63) is 62.9 Å². The van der Waals surface area contributed by atoms with Gasteiger partial charge in [-0.1, -0.05) is 18.2 Å². The zero-order chi connectivity index (χ0) is 18.9. The molecule has 0 radical (unpaired) electrons. The standard InChI is InChI=1S/C19H15N5O2/c20-9-16-14-3-1-2-4-15(14)17(10-21)19(11-22,18(16)23)12-5-7-13(8-6-12)24(25)26/h3,5-8,15,17H,1-2,4,23H2/t15-,17-,19-/m1/s1. The zero-order valence-electron chi connectivity index (χ0n) is 13.8. The van der Waals surface area contributed by atoms with E-state index in [4.69, 9.17) is 5.73 Å². The molecular weight excluding hydrogens is 330 g/mol. The summed E-state index contributed by atoms with van der Waals surface area (Å²) in [5, 5.41) is 40.5. The predicted molar refractivity (Wildman–Crippen MR) is 91.7 cm³/mol. The van der Waals surface area contributed by atoms with Crippen LogP contribution in [-0.2, 0) is 5.41 Å². The molecule has 0 aliphatic heterocycles. The summed E-state index contributed by atoms with van der Waals surface area (Å²) in [4.78, 5) is 10.4. The van der Waals surface area contributed by atoms with Gasteiger partial charge < -0.3 is 5.73 Å². The molecule has 3 atom stereocenters. The van der Waals surface area contributed by atoms with Gasteiger partial charge in [-0.05, 0) is 30.4 Å². The zero-order valence-corrected chi connectivity index (χ0v) is 13.8. The van der Waals surface area contributed by atoms with Crippen LogP contribution in [0.3, 0.4) is 0 Å². The van der Waals surface area contributed by atoms with Crippen LogP contribution in [0, 0.1) is 55.9 Å². The third-order valence-electron chi connectivity index (χ3n) is 5.30. The monoisotopic (exact) mass is 345 g/mol. The van der Waals surface area contributed by atoms with E-state index in [2.05, 4.69) is 18.2 Å². The topological polar surface area (TPSA) is 141 Å². The third kappa shape index (κ3) is 2.24. The molecule has 26 heavy (non-hydrogen) atoms. The lowest BCUT2D eigenvalue weighted by Gasteiger charge is -2.43. The minimum absolute atomic E-state index is 0.0484. The fourth-order valence-electron chi connectivity index (χ4n) is 4.04. The highest BCUT2D eigenvalue weighted by Gasteiger charge is 2.54. The van der Waals surface area contributed by atoms with Gasteiger partial charge in [-0.2, -0.15) is 15.8 Å². The lowest BCUT2D eigenvalue weighted by molar-refractivity contribution is -0.384. The summed E-state index contributed by atoms with van der Waals surface area (Å²) < 4.78 is 0. The summed E-state index contributed by atoms with van der Waals surface area (Å²) in [6.07, 6.45) is 4.30. The highest BCUT2D eigenvalue weighted by atomic mass is 16.6. The van der Waals surface area contributed by atoms with Crippen molar-refractivity contribution in [1.29, 1.82) is 15.8 Å². The molecule has 0 fully saturated rings. The predicted octanol–water partition coefficient (Wildman–Crippen LogP) is 2.97. The number of hydrogen-bond acceptors (Lipinski definition) is 6. The van der Waals surface area contributed by atoms with Crippen molar-refractivity contribution >= 4 is 5.69 Å². The highest BCUT2D eigenvalue weighted by Crippen LogP contribution is 2.52. The molecule has 3 rings (SSSR count). The van der Waals surface area contributed by atoms with Crippen LogP contribution >= 0.6 is 0 Å². The van der Waals surface area contributed by atoms with Crippen LogP contribution in [0.5, 0.6) is 0 Å². The van der Waals surface area contributed by atoms with Crippen LogP contribution < -0.4 is 5.73 Å². The van der Waals surface area contributed by atoms with Crippen LogP contribution in [0.1, 0.15) is 24.8 Å². The molecule has 2 N–H and O–H groups in total. The van der Waals surface area contributed by atoms with Gasteiger partial charge in [-0.25, -0.2) is 0 Å². The smallest absolute Gasteiger partial charge is 0.269 e. The fourth-order valence-corrected chi connectivity index (χ4v) is 4.04. The second-order valence-corrected chi connectivity index (χ2v) is 6.43. The maximum absolute atomic E-state index is 10.9. The summed E-state index contributed by atoms with van der Waals surface area (Å²) in [5.74, 6) is -1.02. The molecule has 0 aromatic heterocycles. The Morgan fingerprint density at radius 2 is 1.92 bits per heavy atom. The second kappa shape index (κ2) is 6.35. The number of nitrogens with two attached hydrogens (primary N) is 1. The van der Waals surface area contributed by atoms with E-state index in [0.29, 0.717) is 12.0 Å². The molecular formula is C19H15N5O2. The molecule has 0 saturated carbocycles. The number of benzene rings is 1. The molecule has 7 heteroatoms. The number of nitrogens with zero attached hydrogens (tertiary/aromatic N) is 4. The molecule has 0 saturated heterocycles. The van der Waals surface area contributed by atoms with Gasteiger partial charge in [0.1, 0.15) is 11.5 Å². The summed E-state index contributed by atoms with van der Waals surface area (Å²) in [7, 11) is 0. The first-order chi connectivity index (χ1) is 12.5. The number of nitriles is 3. The Bertz CT molecular complexity index is 956. The van der Waals surface area contributed by atoms with Crippen LogP contribution in [0.15, 0.2) is 47.2 Å².